The van der Waals surface area contributed by atoms with E-state index in [1.54, 1.807) is 0 Å². The van der Waals surface area contributed by atoms with Gasteiger partial charge in [0.05, 0.1) is 0 Å². The summed E-state index contributed by atoms with van der Waals surface area (Å²) in [6.07, 6.45) is 3.29. The maximum Gasteiger partial charge on any atom is 0.210 e. The number of benzene rings is 1. The molecule has 4 N–H and O–H groups in total. The van der Waals surface area contributed by atoms with Gasteiger partial charge in [0.25, 0.3) is 0 Å². The summed E-state index contributed by atoms with van der Waals surface area (Å²) >= 11 is 0. The van der Waals surface area contributed by atoms with E-state index in [9.17, 15) is 0 Å². The van der Waals surface area contributed by atoms with Gasteiger partial charge in [0.1, 0.15) is 0 Å². The summed E-state index contributed by atoms with van der Waals surface area (Å²) in [5.74, 6) is 6.00. The maximum atomic E-state index is 5.40. The van der Waals surface area contributed by atoms with Crippen LogP contribution in [0.1, 0.15) is 32.3 Å². The van der Waals surface area contributed by atoms with Gasteiger partial charge >= 0.3 is 0 Å². The van der Waals surface area contributed by atoms with Gasteiger partial charge in [-0.1, -0.05) is 32.4 Å². The van der Waals surface area contributed by atoms with Crippen LogP contribution >= 0.6 is 0 Å². The van der Waals surface area contributed by atoms with Crippen molar-refractivity contribution in [3.8, 4) is 0 Å². The highest BCUT2D eigenvalue weighted by Crippen LogP contribution is 2.10. The summed E-state index contributed by atoms with van der Waals surface area (Å²) in [7, 11) is 0. The SMILES string of the molecule is CCCN=C(NN)Nc1ccc(CCC)cc1. The van der Waals surface area contributed by atoms with Crippen molar-refractivity contribution in [2.24, 2.45) is 10.8 Å². The summed E-state index contributed by atoms with van der Waals surface area (Å²) in [4.78, 5) is 4.28. The van der Waals surface area contributed by atoms with Crippen LogP contribution in [0, 0.1) is 0 Å². The van der Waals surface area contributed by atoms with Gasteiger partial charge in [-0.05, 0) is 30.5 Å². The van der Waals surface area contributed by atoms with E-state index < -0.39 is 0 Å². The number of anilines is 1. The van der Waals surface area contributed by atoms with E-state index in [0.29, 0.717) is 5.96 Å². The molecule has 1 aromatic carbocycles. The number of aliphatic imine (C=N–C) groups is 1. The fourth-order valence-electron chi connectivity index (χ4n) is 1.53. The standard InChI is InChI=1S/C13H22N4/c1-3-5-11-6-8-12(9-7-11)16-13(17-14)15-10-4-2/h6-9H,3-5,10,14H2,1-2H3,(H2,15,16,17). The average molecular weight is 234 g/mol. The molecule has 0 bridgehead atoms. The fourth-order valence-corrected chi connectivity index (χ4v) is 1.53. The van der Waals surface area contributed by atoms with Gasteiger partial charge in [-0.25, -0.2) is 5.84 Å². The molecule has 0 aliphatic heterocycles. The molecule has 0 aromatic heterocycles. The highest BCUT2D eigenvalue weighted by atomic mass is 15.3. The van der Waals surface area contributed by atoms with Gasteiger partial charge in [-0.3, -0.25) is 10.4 Å². The molecular weight excluding hydrogens is 212 g/mol. The first-order valence-corrected chi connectivity index (χ1v) is 6.17. The van der Waals surface area contributed by atoms with Gasteiger partial charge in [0.15, 0.2) is 0 Å². The summed E-state index contributed by atoms with van der Waals surface area (Å²) in [6.45, 7) is 5.03. The minimum atomic E-state index is 0.607. The number of guanidine groups is 1. The Morgan fingerprint density at radius 3 is 2.41 bits per heavy atom. The van der Waals surface area contributed by atoms with Crippen LogP contribution in [-0.4, -0.2) is 12.5 Å². The second-order valence-electron chi connectivity index (χ2n) is 3.95. The van der Waals surface area contributed by atoms with E-state index in [1.165, 1.54) is 12.0 Å². The van der Waals surface area contributed by atoms with E-state index in [2.05, 4.69) is 41.7 Å². The Labute approximate surface area is 103 Å². The predicted molar refractivity (Wildman–Crippen MR) is 74.0 cm³/mol. The Bertz CT molecular complexity index is 343. The minimum Gasteiger partial charge on any atom is -0.325 e. The maximum absolute atomic E-state index is 5.40. The molecular formula is C13H22N4. The van der Waals surface area contributed by atoms with Gasteiger partial charge in [-0.2, -0.15) is 0 Å². The zero-order valence-electron chi connectivity index (χ0n) is 10.7. The third-order valence-electron chi connectivity index (χ3n) is 2.39. The molecule has 0 amide bonds. The Balaban J connectivity index is 2.60. The smallest absolute Gasteiger partial charge is 0.210 e. The molecule has 4 heteroatoms. The third-order valence-corrected chi connectivity index (χ3v) is 2.39. The van der Waals surface area contributed by atoms with Crippen LogP contribution in [0.5, 0.6) is 0 Å². The van der Waals surface area contributed by atoms with Crippen LogP contribution in [0.3, 0.4) is 0 Å². The summed E-state index contributed by atoms with van der Waals surface area (Å²) < 4.78 is 0. The normalized spacial score (nSPS) is 11.4. The first-order valence-electron chi connectivity index (χ1n) is 6.17. The molecule has 17 heavy (non-hydrogen) atoms. The summed E-state index contributed by atoms with van der Waals surface area (Å²) in [5.41, 5.74) is 4.91. The average Bonchev–Trinajstić information content (AvgIpc) is 2.37. The van der Waals surface area contributed by atoms with Gasteiger partial charge in [-0.15, -0.1) is 0 Å². The molecule has 94 valence electrons. The molecule has 0 atom stereocenters. The van der Waals surface area contributed by atoms with Crippen molar-refractivity contribution in [1.29, 1.82) is 0 Å². The monoisotopic (exact) mass is 234 g/mol. The second kappa shape index (κ2) is 7.68. The number of rotatable bonds is 5. The Kier molecular flexibility index (Phi) is 6.10. The van der Waals surface area contributed by atoms with Crippen molar-refractivity contribution < 1.29 is 0 Å². The van der Waals surface area contributed by atoms with E-state index >= 15 is 0 Å². The second-order valence-corrected chi connectivity index (χ2v) is 3.95. The third kappa shape index (κ3) is 4.87. The van der Waals surface area contributed by atoms with Crippen molar-refractivity contribution in [2.45, 2.75) is 33.1 Å². The number of hydrazine groups is 1. The topological polar surface area (TPSA) is 62.4 Å². The largest absolute Gasteiger partial charge is 0.325 e. The lowest BCUT2D eigenvalue weighted by Gasteiger charge is -2.09. The zero-order valence-corrected chi connectivity index (χ0v) is 10.7. The van der Waals surface area contributed by atoms with Crippen LogP contribution in [-0.2, 0) is 6.42 Å². The van der Waals surface area contributed by atoms with Crippen molar-refractivity contribution >= 4 is 11.6 Å². The molecule has 1 rings (SSSR count). The summed E-state index contributed by atoms with van der Waals surface area (Å²) in [6, 6.07) is 8.34. The Morgan fingerprint density at radius 1 is 1.18 bits per heavy atom. The zero-order chi connectivity index (χ0) is 12.5. The predicted octanol–water partition coefficient (Wildman–Crippen LogP) is 2.28. The van der Waals surface area contributed by atoms with Crippen molar-refractivity contribution in [1.82, 2.24) is 5.43 Å². The van der Waals surface area contributed by atoms with Crippen LogP contribution in [0.4, 0.5) is 5.69 Å². The van der Waals surface area contributed by atoms with Crippen LogP contribution in [0.25, 0.3) is 0 Å². The molecule has 0 saturated heterocycles. The molecule has 0 heterocycles. The van der Waals surface area contributed by atoms with E-state index in [-0.39, 0.29) is 0 Å². The first kappa shape index (κ1) is 13.5. The highest BCUT2D eigenvalue weighted by molar-refractivity contribution is 5.93. The van der Waals surface area contributed by atoms with Crippen molar-refractivity contribution in [3.05, 3.63) is 29.8 Å². The first-order chi connectivity index (χ1) is 8.30. The molecule has 1 aromatic rings. The fraction of sp³-hybridized carbons (Fsp3) is 0.462. The number of nitrogens with zero attached hydrogens (tertiary/aromatic N) is 1. The summed E-state index contributed by atoms with van der Waals surface area (Å²) in [5, 5.41) is 3.15. The van der Waals surface area contributed by atoms with Gasteiger partial charge < -0.3 is 5.32 Å². The molecule has 0 fully saturated rings. The van der Waals surface area contributed by atoms with Crippen LogP contribution in [0.2, 0.25) is 0 Å². The molecule has 4 nitrogen and oxygen atoms in total. The highest BCUT2D eigenvalue weighted by Gasteiger charge is 1.97. The number of nitrogens with one attached hydrogen (secondary N) is 2. The number of nitrogens with two attached hydrogens (primary N) is 1. The number of hydrogen-bond donors (Lipinski definition) is 3. The quantitative estimate of drug-likeness (QED) is 0.317. The molecule has 0 saturated carbocycles. The molecule has 0 radical (unpaired) electrons. The lowest BCUT2D eigenvalue weighted by atomic mass is 10.1. The molecule has 0 aliphatic rings. The van der Waals surface area contributed by atoms with E-state index in [4.69, 9.17) is 5.84 Å². The Morgan fingerprint density at radius 2 is 1.88 bits per heavy atom. The van der Waals surface area contributed by atoms with Crippen LogP contribution < -0.4 is 16.6 Å². The van der Waals surface area contributed by atoms with Crippen molar-refractivity contribution in [2.75, 3.05) is 11.9 Å². The molecule has 0 aliphatic carbocycles. The molecule has 0 spiro atoms. The van der Waals surface area contributed by atoms with Crippen LogP contribution in [0.15, 0.2) is 29.3 Å². The lowest BCUT2D eigenvalue weighted by Crippen LogP contribution is -2.36. The van der Waals surface area contributed by atoms with E-state index in [0.717, 1.165) is 25.1 Å². The van der Waals surface area contributed by atoms with E-state index in [1.807, 2.05) is 12.1 Å². The Hall–Kier alpha value is -1.55. The molecule has 0 unspecified atom stereocenters. The van der Waals surface area contributed by atoms with Crippen molar-refractivity contribution in [3.63, 3.8) is 0 Å². The minimum absolute atomic E-state index is 0.607. The number of aryl methyl sites for hydroxylation is 1. The van der Waals surface area contributed by atoms with Gasteiger partial charge in [0, 0.05) is 12.2 Å². The number of hydrogen-bond acceptors (Lipinski definition) is 2. The lowest BCUT2D eigenvalue weighted by molar-refractivity contribution is 0.905. The van der Waals surface area contributed by atoms with Gasteiger partial charge in [0.2, 0.25) is 5.96 Å².